The predicted octanol–water partition coefficient (Wildman–Crippen LogP) is 1.88. The number of carbonyl (C=O) groups is 1. The Balaban J connectivity index is 2.15. The van der Waals surface area contributed by atoms with Crippen LogP contribution in [0.25, 0.3) is 0 Å². The van der Waals surface area contributed by atoms with Gasteiger partial charge in [-0.3, -0.25) is 4.79 Å². The molecule has 138 valence electrons. The molecule has 2 aliphatic heterocycles. The minimum Gasteiger partial charge on any atom is -0.485 e. The number of fused-ring (bicyclic) bond motifs is 1. The second-order valence-corrected chi connectivity index (χ2v) is 8.71. The van der Waals surface area contributed by atoms with E-state index in [-0.39, 0.29) is 17.2 Å². The van der Waals surface area contributed by atoms with Gasteiger partial charge in [-0.2, -0.15) is 8.78 Å². The van der Waals surface area contributed by atoms with E-state index < -0.39 is 38.2 Å². The van der Waals surface area contributed by atoms with Gasteiger partial charge < -0.3 is 14.7 Å². The summed E-state index contributed by atoms with van der Waals surface area (Å²) < 4.78 is 55.0. The Bertz CT molecular complexity index is 809. The molecule has 0 unspecified atom stereocenters. The summed E-state index contributed by atoms with van der Waals surface area (Å²) >= 11 is 0. The Morgan fingerprint density at radius 2 is 2.04 bits per heavy atom. The van der Waals surface area contributed by atoms with Crippen LogP contribution >= 0.6 is 0 Å². The Morgan fingerprint density at radius 1 is 1.36 bits per heavy atom. The molecule has 0 aromatic heterocycles. The molecule has 25 heavy (non-hydrogen) atoms. The van der Waals surface area contributed by atoms with E-state index in [4.69, 9.17) is 4.74 Å². The third-order valence-electron chi connectivity index (χ3n) is 4.69. The highest BCUT2D eigenvalue weighted by molar-refractivity contribution is 7.91. The van der Waals surface area contributed by atoms with E-state index in [1.54, 1.807) is 13.8 Å². The van der Waals surface area contributed by atoms with E-state index in [0.29, 0.717) is 19.4 Å². The first kappa shape index (κ1) is 18.1. The highest BCUT2D eigenvalue weighted by Crippen LogP contribution is 2.45. The van der Waals surface area contributed by atoms with Gasteiger partial charge in [-0.15, -0.1) is 0 Å². The number of benzene rings is 1. The standard InChI is InChI=1S/C16H19F2NO5S/c1-16(2)14(21)13(19-7-3-4-12(19)20)10-8-9(5-6-11(10)24-16)25(22,23)15(17)18/h5-6,8,13-15,21H,3-4,7H2,1-2H3/t13-,14+/m1/s1. The van der Waals surface area contributed by atoms with Crippen molar-refractivity contribution in [2.24, 2.45) is 0 Å². The van der Waals surface area contributed by atoms with Crippen molar-refractivity contribution in [1.82, 2.24) is 4.90 Å². The molecule has 2 atom stereocenters. The SMILES string of the molecule is CC1(C)Oc2ccc(S(=O)(=O)C(F)F)cc2[C@@H](N2CCCC2=O)[C@@H]1O. The number of hydrogen-bond donors (Lipinski definition) is 1. The van der Waals surface area contributed by atoms with E-state index >= 15 is 0 Å². The summed E-state index contributed by atoms with van der Waals surface area (Å²) in [4.78, 5) is 13.1. The smallest absolute Gasteiger partial charge is 0.341 e. The van der Waals surface area contributed by atoms with Gasteiger partial charge in [0.15, 0.2) is 0 Å². The van der Waals surface area contributed by atoms with Gasteiger partial charge in [0.2, 0.25) is 15.7 Å². The highest BCUT2D eigenvalue weighted by atomic mass is 32.2. The maximum atomic E-state index is 12.9. The lowest BCUT2D eigenvalue weighted by Gasteiger charge is -2.45. The second kappa shape index (κ2) is 5.91. The van der Waals surface area contributed by atoms with Crippen LogP contribution in [-0.4, -0.2) is 48.3 Å². The van der Waals surface area contributed by atoms with Crippen LogP contribution in [0.3, 0.4) is 0 Å². The number of halogens is 2. The fourth-order valence-electron chi connectivity index (χ4n) is 3.33. The lowest BCUT2D eigenvalue weighted by molar-refractivity contribution is -0.139. The number of ether oxygens (including phenoxy) is 1. The largest absolute Gasteiger partial charge is 0.485 e. The molecule has 1 amide bonds. The van der Waals surface area contributed by atoms with Gasteiger partial charge in [0.25, 0.3) is 0 Å². The molecule has 3 rings (SSSR count). The van der Waals surface area contributed by atoms with Crippen molar-refractivity contribution in [2.45, 2.75) is 55.1 Å². The number of rotatable bonds is 3. The average Bonchev–Trinajstić information content (AvgIpc) is 2.93. The maximum absolute atomic E-state index is 12.9. The van der Waals surface area contributed by atoms with Gasteiger partial charge >= 0.3 is 5.76 Å². The van der Waals surface area contributed by atoms with E-state index in [9.17, 15) is 27.1 Å². The van der Waals surface area contributed by atoms with Crippen molar-refractivity contribution >= 4 is 15.7 Å². The second-order valence-electron chi connectivity index (χ2n) is 6.79. The first-order chi connectivity index (χ1) is 11.6. The molecule has 6 nitrogen and oxygen atoms in total. The van der Waals surface area contributed by atoms with Crippen LogP contribution in [-0.2, 0) is 14.6 Å². The average molecular weight is 375 g/mol. The van der Waals surface area contributed by atoms with Crippen molar-refractivity contribution in [3.8, 4) is 5.75 Å². The molecule has 0 bridgehead atoms. The molecule has 1 aromatic carbocycles. The van der Waals surface area contributed by atoms with E-state index in [0.717, 1.165) is 12.1 Å². The molecule has 0 spiro atoms. The number of amides is 1. The number of carbonyl (C=O) groups excluding carboxylic acids is 1. The first-order valence-corrected chi connectivity index (χ1v) is 9.43. The third kappa shape index (κ3) is 2.89. The molecule has 0 aliphatic carbocycles. The number of sulfone groups is 1. The maximum Gasteiger partial charge on any atom is 0.341 e. The van der Waals surface area contributed by atoms with Gasteiger partial charge in [-0.05, 0) is 38.5 Å². The van der Waals surface area contributed by atoms with Crippen LogP contribution in [0.1, 0.15) is 38.3 Å². The van der Waals surface area contributed by atoms with Crippen LogP contribution in [0.15, 0.2) is 23.1 Å². The number of nitrogens with zero attached hydrogens (tertiary/aromatic N) is 1. The molecule has 1 N–H and O–H groups in total. The van der Waals surface area contributed by atoms with Crippen LogP contribution < -0.4 is 4.74 Å². The fraction of sp³-hybridized carbons (Fsp3) is 0.562. The molecule has 1 fully saturated rings. The zero-order chi connectivity index (χ0) is 18.6. The Labute approximate surface area is 144 Å². The number of hydrogen-bond acceptors (Lipinski definition) is 5. The summed E-state index contributed by atoms with van der Waals surface area (Å²) in [6.45, 7) is 3.71. The summed E-state index contributed by atoms with van der Waals surface area (Å²) in [5, 5.41) is 10.7. The topological polar surface area (TPSA) is 83.9 Å². The van der Waals surface area contributed by atoms with Crippen LogP contribution in [0.4, 0.5) is 8.78 Å². The number of alkyl halides is 2. The minimum atomic E-state index is -4.79. The molecule has 1 aromatic rings. The lowest BCUT2D eigenvalue weighted by atomic mass is 9.85. The van der Waals surface area contributed by atoms with Gasteiger partial charge in [-0.1, -0.05) is 0 Å². The van der Waals surface area contributed by atoms with Crippen molar-refractivity contribution < 1.29 is 31.8 Å². The van der Waals surface area contributed by atoms with Crippen molar-refractivity contribution in [1.29, 1.82) is 0 Å². The normalized spacial score (nSPS) is 25.8. The zero-order valence-electron chi connectivity index (χ0n) is 13.8. The van der Waals surface area contributed by atoms with Crippen LogP contribution in [0, 0.1) is 0 Å². The highest BCUT2D eigenvalue weighted by Gasteiger charge is 2.48. The van der Waals surface area contributed by atoms with Gasteiger partial charge in [0, 0.05) is 18.5 Å². The third-order valence-corrected chi connectivity index (χ3v) is 6.07. The molecule has 2 aliphatic rings. The van der Waals surface area contributed by atoms with Gasteiger partial charge in [-0.25, -0.2) is 8.42 Å². The van der Waals surface area contributed by atoms with Gasteiger partial charge in [0.05, 0.1) is 10.9 Å². The minimum absolute atomic E-state index is 0.171. The summed E-state index contributed by atoms with van der Waals surface area (Å²) in [6.07, 6.45) is -0.186. The van der Waals surface area contributed by atoms with E-state index in [2.05, 4.69) is 0 Å². The molecule has 0 saturated carbocycles. The van der Waals surface area contributed by atoms with Crippen LogP contribution in [0.5, 0.6) is 5.75 Å². The molecule has 0 radical (unpaired) electrons. The predicted molar refractivity (Wildman–Crippen MR) is 84.0 cm³/mol. The number of aliphatic hydroxyl groups excluding tert-OH is 1. The quantitative estimate of drug-likeness (QED) is 0.872. The Kier molecular flexibility index (Phi) is 4.27. The number of aliphatic hydroxyl groups is 1. The monoisotopic (exact) mass is 375 g/mol. The van der Waals surface area contributed by atoms with Crippen molar-refractivity contribution in [3.05, 3.63) is 23.8 Å². The number of likely N-dealkylation sites (tertiary alicyclic amines) is 1. The summed E-state index contributed by atoms with van der Waals surface area (Å²) in [5.74, 6) is -3.45. The van der Waals surface area contributed by atoms with E-state index in [1.165, 1.54) is 11.0 Å². The zero-order valence-corrected chi connectivity index (χ0v) is 14.6. The molecule has 1 saturated heterocycles. The summed E-state index contributed by atoms with van der Waals surface area (Å²) in [6, 6.07) is 2.58. The fourth-order valence-corrected chi connectivity index (χ4v) is 4.08. The van der Waals surface area contributed by atoms with E-state index in [1.807, 2.05) is 0 Å². The van der Waals surface area contributed by atoms with Crippen LogP contribution in [0.2, 0.25) is 0 Å². The van der Waals surface area contributed by atoms with Crippen molar-refractivity contribution in [3.63, 3.8) is 0 Å². The lowest BCUT2D eigenvalue weighted by Crippen LogP contribution is -2.53. The molecule has 9 heteroatoms. The summed E-state index contributed by atoms with van der Waals surface area (Å²) in [7, 11) is -4.79. The molecular formula is C16H19F2NO5S. The Morgan fingerprint density at radius 3 is 2.60 bits per heavy atom. The van der Waals surface area contributed by atoms with Crippen molar-refractivity contribution in [2.75, 3.05) is 6.54 Å². The summed E-state index contributed by atoms with van der Waals surface area (Å²) in [5.41, 5.74) is -0.798. The first-order valence-electron chi connectivity index (χ1n) is 7.88. The molecular weight excluding hydrogens is 356 g/mol. The molecule has 2 heterocycles. The van der Waals surface area contributed by atoms with Gasteiger partial charge in [0.1, 0.15) is 17.5 Å². The Hall–Kier alpha value is -1.74.